The van der Waals surface area contributed by atoms with Crippen LogP contribution in [0.3, 0.4) is 0 Å². The fourth-order valence-corrected chi connectivity index (χ4v) is 2.66. The smallest absolute Gasteiger partial charge is 0.141 e. The van der Waals surface area contributed by atoms with Crippen molar-refractivity contribution in [2.24, 2.45) is 7.05 Å². The molecule has 1 N–H and O–H groups in total. The molecule has 96 valence electrons. The zero-order valence-electron chi connectivity index (χ0n) is 9.97. The minimum absolute atomic E-state index is 0.107. The Hall–Kier alpha value is -0.910. The Bertz CT molecular complexity index is 583. The molecule has 0 saturated carbocycles. The van der Waals surface area contributed by atoms with Gasteiger partial charge in [0.25, 0.3) is 0 Å². The Morgan fingerprint density at radius 2 is 2.22 bits per heavy atom. The van der Waals surface area contributed by atoms with E-state index in [9.17, 15) is 4.39 Å². The lowest BCUT2D eigenvalue weighted by molar-refractivity contribution is 0.628. The van der Waals surface area contributed by atoms with Crippen LogP contribution in [-0.2, 0) is 13.6 Å². The summed E-state index contributed by atoms with van der Waals surface area (Å²) in [5, 5.41) is 3.15. The third-order valence-electron chi connectivity index (χ3n) is 2.67. The molecule has 1 aromatic heterocycles. The summed E-state index contributed by atoms with van der Waals surface area (Å²) in [6, 6.07) is 4.64. The zero-order chi connectivity index (χ0) is 13.3. The average molecular weight is 333 g/mol. The topological polar surface area (TPSA) is 29.9 Å². The van der Waals surface area contributed by atoms with Crippen LogP contribution in [0.4, 0.5) is 4.39 Å². The fraction of sp³-hybridized carbons (Fsp3) is 0.250. The number of rotatable bonds is 3. The van der Waals surface area contributed by atoms with E-state index in [2.05, 4.69) is 26.2 Å². The van der Waals surface area contributed by atoms with Crippen molar-refractivity contribution in [3.05, 3.63) is 39.5 Å². The molecule has 0 radical (unpaired) electrons. The van der Waals surface area contributed by atoms with Crippen LogP contribution in [0.5, 0.6) is 0 Å². The maximum atomic E-state index is 13.2. The number of hydrogen-bond acceptors (Lipinski definition) is 2. The molecule has 0 atom stereocenters. The molecule has 0 spiro atoms. The predicted molar refractivity (Wildman–Crippen MR) is 74.1 cm³/mol. The van der Waals surface area contributed by atoms with Gasteiger partial charge in [0.2, 0.25) is 0 Å². The van der Waals surface area contributed by atoms with Gasteiger partial charge in [-0.3, -0.25) is 0 Å². The van der Waals surface area contributed by atoms with Crippen molar-refractivity contribution in [2.45, 2.75) is 6.54 Å². The molecular weight excluding hydrogens is 321 g/mol. The molecule has 0 bridgehead atoms. The zero-order valence-corrected chi connectivity index (χ0v) is 12.3. The minimum atomic E-state index is -0.422. The summed E-state index contributed by atoms with van der Waals surface area (Å²) in [6.45, 7) is 0.657. The maximum Gasteiger partial charge on any atom is 0.141 e. The van der Waals surface area contributed by atoms with E-state index in [-0.39, 0.29) is 5.02 Å². The summed E-state index contributed by atoms with van der Waals surface area (Å²) >= 11 is 9.23. The molecule has 0 unspecified atom stereocenters. The van der Waals surface area contributed by atoms with E-state index in [1.165, 1.54) is 6.07 Å². The lowest BCUT2D eigenvalue weighted by atomic mass is 10.1. The lowest BCUT2D eigenvalue weighted by Crippen LogP contribution is -2.10. The quantitative estimate of drug-likeness (QED) is 0.934. The van der Waals surface area contributed by atoms with Gasteiger partial charge in [-0.15, -0.1) is 0 Å². The Balaban J connectivity index is 2.53. The van der Waals surface area contributed by atoms with Gasteiger partial charge < -0.3 is 9.88 Å². The third-order valence-corrected chi connectivity index (χ3v) is 3.52. The monoisotopic (exact) mass is 331 g/mol. The lowest BCUT2D eigenvalue weighted by Gasteiger charge is -2.07. The van der Waals surface area contributed by atoms with Gasteiger partial charge in [0.05, 0.1) is 17.3 Å². The molecule has 0 aliphatic rings. The van der Waals surface area contributed by atoms with Crippen molar-refractivity contribution in [1.82, 2.24) is 14.9 Å². The van der Waals surface area contributed by atoms with Crippen molar-refractivity contribution in [2.75, 3.05) is 7.05 Å². The van der Waals surface area contributed by atoms with Crippen molar-refractivity contribution < 1.29 is 4.39 Å². The molecule has 1 aromatic carbocycles. The largest absolute Gasteiger partial charge is 0.329 e. The van der Waals surface area contributed by atoms with Crippen LogP contribution >= 0.6 is 27.5 Å². The summed E-state index contributed by atoms with van der Waals surface area (Å²) < 4.78 is 15.8. The second-order valence-corrected chi connectivity index (χ2v) is 5.04. The van der Waals surface area contributed by atoms with Crippen LogP contribution in [0.15, 0.2) is 22.8 Å². The van der Waals surface area contributed by atoms with Crippen molar-refractivity contribution >= 4 is 27.5 Å². The van der Waals surface area contributed by atoms with Crippen LogP contribution in [0.2, 0.25) is 5.02 Å². The first-order chi connectivity index (χ1) is 8.54. The van der Waals surface area contributed by atoms with Crippen molar-refractivity contribution in [1.29, 1.82) is 0 Å². The molecule has 0 aliphatic carbocycles. The first kappa shape index (κ1) is 13.5. The number of hydrogen-bond donors (Lipinski definition) is 1. The number of imidazole rings is 1. The van der Waals surface area contributed by atoms with Gasteiger partial charge in [-0.2, -0.15) is 0 Å². The highest BCUT2D eigenvalue weighted by Gasteiger charge is 2.15. The highest BCUT2D eigenvalue weighted by molar-refractivity contribution is 9.10. The molecule has 0 aliphatic heterocycles. The van der Waals surface area contributed by atoms with E-state index in [1.54, 1.807) is 12.1 Å². The Labute approximate surface area is 118 Å². The van der Waals surface area contributed by atoms with E-state index < -0.39 is 5.82 Å². The second-order valence-electron chi connectivity index (χ2n) is 3.89. The molecule has 0 amide bonds. The molecule has 18 heavy (non-hydrogen) atoms. The SMILES string of the molecule is CNCc1nc(Br)c(-c2ccc(F)c(Cl)c2)n1C. The van der Waals surface area contributed by atoms with E-state index in [4.69, 9.17) is 11.6 Å². The Morgan fingerprint density at radius 1 is 1.50 bits per heavy atom. The predicted octanol–water partition coefficient (Wildman–Crippen LogP) is 3.36. The molecule has 6 heteroatoms. The summed E-state index contributed by atoms with van der Waals surface area (Å²) in [5.74, 6) is 0.467. The molecule has 0 saturated heterocycles. The summed E-state index contributed by atoms with van der Waals surface area (Å²) in [6.07, 6.45) is 0. The fourth-order valence-electron chi connectivity index (χ4n) is 1.78. The van der Waals surface area contributed by atoms with Crippen LogP contribution in [0, 0.1) is 5.82 Å². The minimum Gasteiger partial charge on any atom is -0.329 e. The molecular formula is C12H12BrClFN3. The van der Waals surface area contributed by atoms with E-state index in [0.29, 0.717) is 6.54 Å². The first-order valence-electron chi connectivity index (χ1n) is 5.35. The van der Waals surface area contributed by atoms with Crippen molar-refractivity contribution in [3.8, 4) is 11.3 Å². The summed E-state index contributed by atoms with van der Waals surface area (Å²) in [5.41, 5.74) is 1.70. The summed E-state index contributed by atoms with van der Waals surface area (Å²) in [7, 11) is 3.77. The van der Waals surface area contributed by atoms with Crippen LogP contribution in [0.1, 0.15) is 5.82 Å². The normalized spacial score (nSPS) is 10.9. The van der Waals surface area contributed by atoms with Gasteiger partial charge in [-0.25, -0.2) is 9.37 Å². The Morgan fingerprint density at radius 3 is 2.83 bits per heavy atom. The number of aromatic nitrogens is 2. The average Bonchev–Trinajstić information content (AvgIpc) is 2.59. The van der Waals surface area contributed by atoms with E-state index >= 15 is 0 Å². The number of halogens is 3. The third kappa shape index (κ3) is 2.43. The van der Waals surface area contributed by atoms with Crippen molar-refractivity contribution in [3.63, 3.8) is 0 Å². The maximum absolute atomic E-state index is 13.2. The first-order valence-corrected chi connectivity index (χ1v) is 6.52. The van der Waals surface area contributed by atoms with Crippen LogP contribution in [-0.4, -0.2) is 16.6 Å². The van der Waals surface area contributed by atoms with Crippen LogP contribution in [0.25, 0.3) is 11.3 Å². The van der Waals surface area contributed by atoms with Gasteiger partial charge >= 0.3 is 0 Å². The molecule has 0 fully saturated rings. The number of nitrogens with one attached hydrogen (secondary N) is 1. The van der Waals surface area contributed by atoms with Crippen LogP contribution < -0.4 is 5.32 Å². The molecule has 2 rings (SSSR count). The second kappa shape index (κ2) is 5.38. The molecule has 2 aromatic rings. The van der Waals surface area contributed by atoms with E-state index in [0.717, 1.165) is 21.7 Å². The highest BCUT2D eigenvalue weighted by atomic mass is 79.9. The van der Waals surface area contributed by atoms with Gasteiger partial charge in [0.15, 0.2) is 0 Å². The molecule has 3 nitrogen and oxygen atoms in total. The number of benzene rings is 1. The molecule has 1 heterocycles. The summed E-state index contributed by atoms with van der Waals surface area (Å²) in [4.78, 5) is 4.41. The standard InChI is InChI=1S/C12H12BrClFN3/c1-16-6-10-17-12(13)11(18(10)2)7-3-4-9(15)8(14)5-7/h3-5,16H,6H2,1-2H3. The number of nitrogens with zero attached hydrogens (tertiary/aromatic N) is 2. The highest BCUT2D eigenvalue weighted by Crippen LogP contribution is 2.31. The van der Waals surface area contributed by atoms with Gasteiger partial charge in [-0.05, 0) is 41.2 Å². The Kier molecular flexibility index (Phi) is 4.04. The van der Waals surface area contributed by atoms with E-state index in [1.807, 2.05) is 18.7 Å². The van der Waals surface area contributed by atoms with Gasteiger partial charge in [-0.1, -0.05) is 11.6 Å². The van der Waals surface area contributed by atoms with Gasteiger partial charge in [0, 0.05) is 12.6 Å². The van der Waals surface area contributed by atoms with Gasteiger partial charge in [0.1, 0.15) is 16.2 Å².